The van der Waals surface area contributed by atoms with Crippen LogP contribution < -0.4 is 5.32 Å². The van der Waals surface area contributed by atoms with Crippen molar-refractivity contribution in [3.63, 3.8) is 0 Å². The number of piperazine rings is 1. The number of halogens is 1. The van der Waals surface area contributed by atoms with Crippen molar-refractivity contribution in [2.75, 3.05) is 38.0 Å². The number of nitrogens with one attached hydrogen (secondary N) is 1. The number of sulfonamides is 1. The Balaban J connectivity index is 1.57. The van der Waals surface area contributed by atoms with Gasteiger partial charge in [-0.15, -0.1) is 0 Å². The van der Waals surface area contributed by atoms with Crippen molar-refractivity contribution in [3.05, 3.63) is 58.1 Å². The number of carbonyl (C=O) groups excluding carboxylic acids is 1. The van der Waals surface area contributed by atoms with E-state index in [2.05, 4.69) is 21.2 Å². The molecule has 0 aromatic heterocycles. The van der Waals surface area contributed by atoms with Gasteiger partial charge in [0.1, 0.15) is 0 Å². The third kappa shape index (κ3) is 4.81. The molecule has 1 N–H and O–H groups in total. The molecule has 1 heterocycles. The molecule has 3 rings (SSSR count). The number of aryl methyl sites for hydroxylation is 2. The maximum atomic E-state index is 12.9. The van der Waals surface area contributed by atoms with Crippen LogP contribution in [0, 0.1) is 13.8 Å². The summed E-state index contributed by atoms with van der Waals surface area (Å²) in [7, 11) is -3.51. The van der Waals surface area contributed by atoms with Crippen LogP contribution in [-0.4, -0.2) is 56.3 Å². The summed E-state index contributed by atoms with van der Waals surface area (Å²) < 4.78 is 28.1. The molecular weight excluding hydrogens is 442 g/mol. The largest absolute Gasteiger partial charge is 0.324 e. The number of rotatable bonds is 5. The van der Waals surface area contributed by atoms with Crippen molar-refractivity contribution in [2.24, 2.45) is 0 Å². The number of hydrogen-bond acceptors (Lipinski definition) is 4. The Bertz CT molecular complexity index is 970. The van der Waals surface area contributed by atoms with Gasteiger partial charge in [0.15, 0.2) is 0 Å². The zero-order chi connectivity index (χ0) is 20.3. The van der Waals surface area contributed by atoms with Gasteiger partial charge in [-0.3, -0.25) is 9.69 Å². The Labute approximate surface area is 174 Å². The monoisotopic (exact) mass is 465 g/mol. The van der Waals surface area contributed by atoms with E-state index in [0.717, 1.165) is 21.3 Å². The van der Waals surface area contributed by atoms with Crippen LogP contribution in [0.1, 0.15) is 11.1 Å². The van der Waals surface area contributed by atoms with Gasteiger partial charge in [-0.2, -0.15) is 4.31 Å². The van der Waals surface area contributed by atoms with Gasteiger partial charge in [0, 0.05) is 30.7 Å². The summed E-state index contributed by atoms with van der Waals surface area (Å²) in [5, 5.41) is 2.88. The second-order valence-electron chi connectivity index (χ2n) is 6.95. The molecule has 2 aromatic rings. The van der Waals surface area contributed by atoms with E-state index in [-0.39, 0.29) is 12.5 Å². The number of anilines is 1. The molecule has 0 atom stereocenters. The predicted octanol–water partition coefficient (Wildman–Crippen LogP) is 3.01. The van der Waals surface area contributed by atoms with Crippen molar-refractivity contribution in [2.45, 2.75) is 18.7 Å². The molecule has 8 heteroatoms. The highest BCUT2D eigenvalue weighted by molar-refractivity contribution is 9.10. The number of nitrogens with zero attached hydrogens (tertiary/aromatic N) is 2. The lowest BCUT2D eigenvalue weighted by molar-refractivity contribution is -0.117. The van der Waals surface area contributed by atoms with E-state index >= 15 is 0 Å². The highest BCUT2D eigenvalue weighted by Crippen LogP contribution is 2.22. The fourth-order valence-corrected chi connectivity index (χ4v) is 5.00. The first kappa shape index (κ1) is 21.0. The van der Waals surface area contributed by atoms with Gasteiger partial charge in [-0.05, 0) is 65.2 Å². The second-order valence-corrected chi connectivity index (χ2v) is 9.75. The van der Waals surface area contributed by atoms with E-state index in [1.165, 1.54) is 4.31 Å². The fourth-order valence-electron chi connectivity index (χ4n) is 3.11. The topological polar surface area (TPSA) is 69.7 Å². The van der Waals surface area contributed by atoms with Crippen LogP contribution >= 0.6 is 15.9 Å². The van der Waals surface area contributed by atoms with Gasteiger partial charge in [0.2, 0.25) is 15.9 Å². The Morgan fingerprint density at radius 3 is 2.36 bits per heavy atom. The summed E-state index contributed by atoms with van der Waals surface area (Å²) in [6.45, 7) is 5.90. The summed E-state index contributed by atoms with van der Waals surface area (Å²) in [6.07, 6.45) is 0. The number of para-hydroxylation sites is 1. The van der Waals surface area contributed by atoms with Crippen molar-refractivity contribution < 1.29 is 13.2 Å². The summed E-state index contributed by atoms with van der Waals surface area (Å²) in [6, 6.07) is 12.7. The molecule has 1 amide bonds. The minimum Gasteiger partial charge on any atom is -0.324 e. The molecule has 1 fully saturated rings. The zero-order valence-corrected chi connectivity index (χ0v) is 18.4. The van der Waals surface area contributed by atoms with Gasteiger partial charge in [0.25, 0.3) is 0 Å². The van der Waals surface area contributed by atoms with Crippen molar-refractivity contribution >= 4 is 37.5 Å². The van der Waals surface area contributed by atoms with Crippen molar-refractivity contribution in [3.8, 4) is 0 Å². The van der Waals surface area contributed by atoms with Crippen LogP contribution in [0.2, 0.25) is 0 Å². The molecule has 0 spiro atoms. The molecule has 6 nitrogen and oxygen atoms in total. The molecule has 0 unspecified atom stereocenters. The first-order chi connectivity index (χ1) is 13.3. The van der Waals surface area contributed by atoms with Gasteiger partial charge in [0.05, 0.1) is 17.1 Å². The minimum absolute atomic E-state index is 0.114. The van der Waals surface area contributed by atoms with E-state index in [0.29, 0.717) is 31.1 Å². The highest BCUT2D eigenvalue weighted by atomic mass is 79.9. The summed E-state index contributed by atoms with van der Waals surface area (Å²) in [5.74, 6) is -0.114. The first-order valence-electron chi connectivity index (χ1n) is 9.11. The van der Waals surface area contributed by atoms with E-state index in [9.17, 15) is 13.2 Å². The lowest BCUT2D eigenvalue weighted by Crippen LogP contribution is -2.50. The predicted molar refractivity (Wildman–Crippen MR) is 114 cm³/mol. The molecule has 0 saturated carbocycles. The average Bonchev–Trinajstić information content (AvgIpc) is 2.66. The Hall–Kier alpha value is -1.74. The minimum atomic E-state index is -3.51. The Kier molecular flexibility index (Phi) is 6.54. The first-order valence-corrected chi connectivity index (χ1v) is 11.3. The average molecular weight is 466 g/mol. The molecule has 0 aliphatic carbocycles. The lowest BCUT2D eigenvalue weighted by atomic mass is 10.1. The maximum absolute atomic E-state index is 12.9. The van der Waals surface area contributed by atoms with Crippen molar-refractivity contribution in [1.82, 2.24) is 9.21 Å². The summed E-state index contributed by atoms with van der Waals surface area (Å²) >= 11 is 3.41. The van der Waals surface area contributed by atoms with Crippen LogP contribution in [0.25, 0.3) is 0 Å². The lowest BCUT2D eigenvalue weighted by Gasteiger charge is -2.33. The highest BCUT2D eigenvalue weighted by Gasteiger charge is 2.29. The maximum Gasteiger partial charge on any atom is 0.243 e. The van der Waals surface area contributed by atoms with Gasteiger partial charge in [-0.25, -0.2) is 8.42 Å². The van der Waals surface area contributed by atoms with Crippen LogP contribution in [0.3, 0.4) is 0 Å². The number of hydrogen-bond donors (Lipinski definition) is 1. The standard InChI is InChI=1S/C20H24BrN3O3S/c1-15-7-8-17(13-16(15)2)28(26,27)24-11-9-23(10-12-24)14-20(25)22-19-6-4-3-5-18(19)21/h3-8,13H,9-12,14H2,1-2H3,(H,22,25). The van der Waals surface area contributed by atoms with Crippen LogP contribution in [0.4, 0.5) is 5.69 Å². The summed E-state index contributed by atoms with van der Waals surface area (Å²) in [5.41, 5.74) is 2.76. The second kappa shape index (κ2) is 8.73. The Morgan fingerprint density at radius 1 is 1.04 bits per heavy atom. The van der Waals surface area contributed by atoms with Crippen LogP contribution in [0.15, 0.2) is 51.8 Å². The van der Waals surface area contributed by atoms with Crippen molar-refractivity contribution in [1.29, 1.82) is 0 Å². The van der Waals surface area contributed by atoms with E-state index in [4.69, 9.17) is 0 Å². The molecule has 2 aromatic carbocycles. The van der Waals surface area contributed by atoms with Gasteiger partial charge in [-0.1, -0.05) is 18.2 Å². The van der Waals surface area contributed by atoms with E-state index < -0.39 is 10.0 Å². The van der Waals surface area contributed by atoms with E-state index in [1.54, 1.807) is 12.1 Å². The summed E-state index contributed by atoms with van der Waals surface area (Å²) in [4.78, 5) is 14.6. The molecule has 1 aliphatic rings. The third-order valence-corrected chi connectivity index (χ3v) is 7.55. The number of amides is 1. The molecule has 28 heavy (non-hydrogen) atoms. The molecule has 1 saturated heterocycles. The normalized spacial score (nSPS) is 16.1. The van der Waals surface area contributed by atoms with E-state index in [1.807, 2.05) is 49.1 Å². The molecule has 0 radical (unpaired) electrons. The van der Waals surface area contributed by atoms with Gasteiger partial charge >= 0.3 is 0 Å². The zero-order valence-electron chi connectivity index (χ0n) is 16.0. The molecular formula is C20H24BrN3O3S. The molecule has 1 aliphatic heterocycles. The fraction of sp³-hybridized carbons (Fsp3) is 0.350. The van der Waals surface area contributed by atoms with Crippen LogP contribution in [-0.2, 0) is 14.8 Å². The SMILES string of the molecule is Cc1ccc(S(=O)(=O)N2CCN(CC(=O)Nc3ccccc3Br)CC2)cc1C. The number of benzene rings is 2. The molecule has 0 bridgehead atoms. The molecule has 150 valence electrons. The quantitative estimate of drug-likeness (QED) is 0.736. The Morgan fingerprint density at radius 2 is 1.71 bits per heavy atom. The van der Waals surface area contributed by atoms with Gasteiger partial charge < -0.3 is 5.32 Å². The number of carbonyl (C=O) groups is 1. The smallest absolute Gasteiger partial charge is 0.243 e. The third-order valence-electron chi connectivity index (χ3n) is 4.96. The van der Waals surface area contributed by atoms with Crippen LogP contribution in [0.5, 0.6) is 0 Å².